The molecule has 0 aromatic rings. The van der Waals surface area contributed by atoms with Crippen molar-refractivity contribution >= 4 is 18.4 Å². The Bertz CT molecular complexity index is 80.6. The third kappa shape index (κ3) is 2.36. The van der Waals surface area contributed by atoms with Gasteiger partial charge in [0, 0.05) is 6.42 Å². The maximum Gasteiger partial charge on any atom is 0.145 e. The lowest BCUT2D eigenvalue weighted by Crippen LogP contribution is -2.10. The molecule has 0 amide bonds. The van der Waals surface area contributed by atoms with Crippen molar-refractivity contribution < 1.29 is 4.79 Å². The van der Waals surface area contributed by atoms with Crippen molar-refractivity contribution in [2.45, 2.75) is 31.9 Å². The Hall–Kier alpha value is 0.0200. The largest absolute Gasteiger partial charge is 0.298 e. The highest BCUT2D eigenvalue weighted by molar-refractivity contribution is 7.81. The molecule has 0 aromatic carbocycles. The van der Waals surface area contributed by atoms with Gasteiger partial charge in [-0.2, -0.15) is 12.6 Å². The number of hydrogen-bond acceptors (Lipinski definition) is 2. The lowest BCUT2D eigenvalue weighted by atomic mass is 10.2. The number of Topliss-reactive ketones (excluding diaryl/α,β-unsaturated/α-hetero) is 1. The average Bonchev–Trinajstić information content (AvgIpc) is 1.84. The van der Waals surface area contributed by atoms with Gasteiger partial charge in [-0.25, -0.2) is 0 Å². The minimum atomic E-state index is -0.0278. The van der Waals surface area contributed by atoms with Gasteiger partial charge in [-0.1, -0.05) is 13.8 Å². The van der Waals surface area contributed by atoms with Crippen LogP contribution in [0.25, 0.3) is 0 Å². The molecule has 0 bridgehead atoms. The maximum absolute atomic E-state index is 10.7. The molecule has 0 N–H and O–H groups in total. The minimum Gasteiger partial charge on any atom is -0.298 e. The zero-order chi connectivity index (χ0) is 6.57. The van der Waals surface area contributed by atoms with E-state index in [2.05, 4.69) is 12.6 Å². The Morgan fingerprint density at radius 2 is 2.12 bits per heavy atom. The number of carbonyl (C=O) groups is 1. The fourth-order valence-electron chi connectivity index (χ4n) is 0.463. The van der Waals surface area contributed by atoms with Gasteiger partial charge in [-0.05, 0) is 6.42 Å². The van der Waals surface area contributed by atoms with Crippen LogP contribution in [0.3, 0.4) is 0 Å². The molecule has 0 fully saturated rings. The molecule has 0 aliphatic rings. The zero-order valence-corrected chi connectivity index (χ0v) is 6.24. The van der Waals surface area contributed by atoms with Gasteiger partial charge in [0.15, 0.2) is 0 Å². The van der Waals surface area contributed by atoms with Crippen LogP contribution in [0, 0.1) is 0 Å². The third-order valence-corrected chi connectivity index (χ3v) is 1.76. The SMILES string of the molecule is CCC(=O)C(S)CC. The number of thiol groups is 1. The lowest BCUT2D eigenvalue weighted by Gasteiger charge is -2.01. The van der Waals surface area contributed by atoms with Gasteiger partial charge in [0.05, 0.1) is 5.25 Å². The second kappa shape index (κ2) is 3.96. The molecule has 1 nitrogen and oxygen atoms in total. The first-order valence-corrected chi connectivity index (χ1v) is 3.44. The number of ketones is 1. The van der Waals surface area contributed by atoms with Gasteiger partial charge in [0.25, 0.3) is 0 Å². The summed E-state index contributed by atoms with van der Waals surface area (Å²) < 4.78 is 0. The van der Waals surface area contributed by atoms with E-state index in [-0.39, 0.29) is 11.0 Å². The van der Waals surface area contributed by atoms with E-state index in [1.165, 1.54) is 0 Å². The smallest absolute Gasteiger partial charge is 0.145 e. The molecule has 8 heavy (non-hydrogen) atoms. The molecule has 0 radical (unpaired) electrons. The van der Waals surface area contributed by atoms with Crippen LogP contribution in [0.15, 0.2) is 0 Å². The first-order valence-electron chi connectivity index (χ1n) is 2.93. The van der Waals surface area contributed by atoms with E-state index in [1.54, 1.807) is 0 Å². The fourth-order valence-corrected chi connectivity index (χ4v) is 0.646. The maximum atomic E-state index is 10.7. The van der Waals surface area contributed by atoms with Crippen molar-refractivity contribution in [3.8, 4) is 0 Å². The van der Waals surface area contributed by atoms with Crippen molar-refractivity contribution in [2.75, 3.05) is 0 Å². The zero-order valence-electron chi connectivity index (χ0n) is 5.35. The highest BCUT2D eigenvalue weighted by Gasteiger charge is 2.06. The summed E-state index contributed by atoms with van der Waals surface area (Å²) in [6.07, 6.45) is 1.46. The molecule has 0 aliphatic carbocycles. The second-order valence-corrected chi connectivity index (χ2v) is 2.37. The first kappa shape index (κ1) is 8.02. The van der Waals surface area contributed by atoms with E-state index in [9.17, 15) is 4.79 Å². The van der Waals surface area contributed by atoms with E-state index in [1.807, 2.05) is 13.8 Å². The van der Waals surface area contributed by atoms with Gasteiger partial charge in [0.1, 0.15) is 5.78 Å². The van der Waals surface area contributed by atoms with Gasteiger partial charge in [0.2, 0.25) is 0 Å². The number of rotatable bonds is 3. The van der Waals surface area contributed by atoms with Crippen LogP contribution in [0.5, 0.6) is 0 Å². The van der Waals surface area contributed by atoms with Crippen LogP contribution >= 0.6 is 12.6 Å². The monoisotopic (exact) mass is 132 g/mol. The molecule has 1 unspecified atom stereocenters. The molecule has 0 saturated carbocycles. The first-order chi connectivity index (χ1) is 3.72. The summed E-state index contributed by atoms with van der Waals surface area (Å²) in [5, 5.41) is -0.0278. The lowest BCUT2D eigenvalue weighted by molar-refractivity contribution is -0.118. The molecular weight excluding hydrogens is 120 g/mol. The Labute approximate surface area is 55.9 Å². The van der Waals surface area contributed by atoms with Crippen LogP contribution in [-0.2, 0) is 4.79 Å². The van der Waals surface area contributed by atoms with Crippen LogP contribution in [0.4, 0.5) is 0 Å². The molecule has 0 saturated heterocycles. The molecule has 0 spiro atoms. The average molecular weight is 132 g/mol. The summed E-state index contributed by atoms with van der Waals surface area (Å²) in [4.78, 5) is 10.7. The van der Waals surface area contributed by atoms with Gasteiger partial charge >= 0.3 is 0 Å². The summed E-state index contributed by atoms with van der Waals surface area (Å²) in [5.74, 6) is 0.246. The van der Waals surface area contributed by atoms with Gasteiger partial charge in [-0.3, -0.25) is 4.79 Å². The van der Waals surface area contributed by atoms with Gasteiger partial charge < -0.3 is 0 Å². The molecular formula is C6H12OS. The molecule has 48 valence electrons. The molecule has 0 heterocycles. The fraction of sp³-hybridized carbons (Fsp3) is 0.833. The molecule has 1 atom stereocenters. The highest BCUT2D eigenvalue weighted by atomic mass is 32.1. The molecule has 0 rings (SSSR count). The molecule has 0 aromatic heterocycles. The summed E-state index contributed by atoms with van der Waals surface area (Å²) >= 11 is 4.06. The summed E-state index contributed by atoms with van der Waals surface area (Å²) in [6, 6.07) is 0. The molecule has 0 aliphatic heterocycles. The van der Waals surface area contributed by atoms with E-state index in [0.717, 1.165) is 6.42 Å². The van der Waals surface area contributed by atoms with E-state index < -0.39 is 0 Å². The van der Waals surface area contributed by atoms with Crippen molar-refractivity contribution in [1.29, 1.82) is 0 Å². The summed E-state index contributed by atoms with van der Waals surface area (Å²) in [6.45, 7) is 3.83. The summed E-state index contributed by atoms with van der Waals surface area (Å²) in [7, 11) is 0. The normalized spacial score (nSPS) is 13.4. The van der Waals surface area contributed by atoms with Crippen LogP contribution < -0.4 is 0 Å². The van der Waals surface area contributed by atoms with Crippen molar-refractivity contribution in [3.63, 3.8) is 0 Å². The summed E-state index contributed by atoms with van der Waals surface area (Å²) in [5.41, 5.74) is 0. The van der Waals surface area contributed by atoms with Crippen LogP contribution in [0.1, 0.15) is 26.7 Å². The molecule has 2 heteroatoms. The Balaban J connectivity index is 3.46. The van der Waals surface area contributed by atoms with Crippen molar-refractivity contribution in [3.05, 3.63) is 0 Å². The number of carbonyl (C=O) groups excluding carboxylic acids is 1. The Morgan fingerprint density at radius 1 is 1.62 bits per heavy atom. The van der Waals surface area contributed by atoms with E-state index in [4.69, 9.17) is 0 Å². The highest BCUT2D eigenvalue weighted by Crippen LogP contribution is 2.03. The topological polar surface area (TPSA) is 17.1 Å². The predicted octanol–water partition coefficient (Wildman–Crippen LogP) is 1.67. The minimum absolute atomic E-state index is 0.0278. The van der Waals surface area contributed by atoms with Crippen molar-refractivity contribution in [1.82, 2.24) is 0 Å². The van der Waals surface area contributed by atoms with Crippen LogP contribution in [0.2, 0.25) is 0 Å². The van der Waals surface area contributed by atoms with Crippen LogP contribution in [-0.4, -0.2) is 11.0 Å². The van der Waals surface area contributed by atoms with Gasteiger partial charge in [-0.15, -0.1) is 0 Å². The Morgan fingerprint density at radius 3 is 2.25 bits per heavy atom. The predicted molar refractivity (Wildman–Crippen MR) is 38.4 cm³/mol. The number of hydrogen-bond donors (Lipinski definition) is 1. The standard InChI is InChI=1S/C6H12OS/c1-3-5(7)6(8)4-2/h6,8H,3-4H2,1-2H3. The second-order valence-electron chi connectivity index (χ2n) is 1.74. The Kier molecular flexibility index (Phi) is 3.97. The quantitative estimate of drug-likeness (QED) is 0.578. The van der Waals surface area contributed by atoms with E-state index in [0.29, 0.717) is 6.42 Å². The third-order valence-electron chi connectivity index (χ3n) is 1.11. The van der Waals surface area contributed by atoms with Crippen molar-refractivity contribution in [2.24, 2.45) is 0 Å². The van der Waals surface area contributed by atoms with E-state index >= 15 is 0 Å².